The Kier molecular flexibility index (Phi) is 6.68. The lowest BCUT2D eigenvalue weighted by Gasteiger charge is -2.31. The molecular weight excluding hydrogens is 442 g/mol. The minimum atomic E-state index is -3.95. The summed E-state index contributed by atoms with van der Waals surface area (Å²) in [6.45, 7) is 0.243. The highest BCUT2D eigenvalue weighted by atomic mass is 35.5. The third kappa shape index (κ3) is 4.66. The normalized spacial score (nSPS) is 15.9. The number of ether oxygens (including phenoxy) is 1. The van der Waals surface area contributed by atoms with E-state index in [-0.39, 0.29) is 29.6 Å². The van der Waals surface area contributed by atoms with Crippen molar-refractivity contribution in [2.45, 2.75) is 17.7 Å². The Hall–Kier alpha value is -1.87. The number of hydrogen-bond acceptors (Lipinski definition) is 4. The van der Waals surface area contributed by atoms with Crippen LogP contribution in [-0.4, -0.2) is 38.8 Å². The standard InChI is InChI=1S/C19H19Cl2FN2O4S/c1-28-16-6-5-13(22)11-17(16)29(26,27)24-9-7-12(8-10-24)19(25)23-18-14(20)3-2-4-15(18)21/h2-6,11-12H,7-10H2,1H3,(H,23,25). The van der Waals surface area contributed by atoms with Crippen LogP contribution in [-0.2, 0) is 14.8 Å². The number of rotatable bonds is 5. The average Bonchev–Trinajstić information content (AvgIpc) is 2.70. The SMILES string of the molecule is COc1ccc(F)cc1S(=O)(=O)N1CCC(C(=O)Nc2c(Cl)cccc2Cl)CC1. The van der Waals surface area contributed by atoms with E-state index in [1.165, 1.54) is 17.5 Å². The van der Waals surface area contributed by atoms with Crippen LogP contribution in [0.1, 0.15) is 12.8 Å². The molecule has 156 valence electrons. The minimum absolute atomic E-state index is 0.0691. The van der Waals surface area contributed by atoms with Gasteiger partial charge in [0.15, 0.2) is 0 Å². The van der Waals surface area contributed by atoms with Gasteiger partial charge in [-0.2, -0.15) is 4.31 Å². The number of benzene rings is 2. The minimum Gasteiger partial charge on any atom is -0.495 e. The van der Waals surface area contributed by atoms with E-state index < -0.39 is 21.8 Å². The van der Waals surface area contributed by atoms with Gasteiger partial charge in [0.25, 0.3) is 0 Å². The summed E-state index contributed by atoms with van der Waals surface area (Å²) >= 11 is 12.2. The predicted molar refractivity (Wildman–Crippen MR) is 110 cm³/mol. The first-order valence-electron chi connectivity index (χ1n) is 8.82. The summed E-state index contributed by atoms with van der Waals surface area (Å²) in [6, 6.07) is 8.25. The van der Waals surface area contributed by atoms with E-state index in [0.29, 0.717) is 28.6 Å². The maximum Gasteiger partial charge on any atom is 0.246 e. The van der Waals surface area contributed by atoms with Crippen molar-refractivity contribution in [2.75, 3.05) is 25.5 Å². The van der Waals surface area contributed by atoms with E-state index in [2.05, 4.69) is 5.32 Å². The second-order valence-electron chi connectivity index (χ2n) is 6.56. The van der Waals surface area contributed by atoms with Crippen molar-refractivity contribution < 1.29 is 22.3 Å². The lowest BCUT2D eigenvalue weighted by molar-refractivity contribution is -0.120. The maximum absolute atomic E-state index is 13.6. The highest BCUT2D eigenvalue weighted by Crippen LogP contribution is 2.33. The molecule has 1 N–H and O–H groups in total. The first kappa shape index (κ1) is 21.8. The molecule has 0 bridgehead atoms. The quantitative estimate of drug-likeness (QED) is 0.725. The zero-order valence-electron chi connectivity index (χ0n) is 15.5. The molecule has 2 aromatic carbocycles. The fourth-order valence-electron chi connectivity index (χ4n) is 3.19. The molecule has 1 fully saturated rings. The summed E-state index contributed by atoms with van der Waals surface area (Å²) in [5, 5.41) is 3.37. The third-order valence-electron chi connectivity index (χ3n) is 4.78. The van der Waals surface area contributed by atoms with Gasteiger partial charge in [0.1, 0.15) is 16.5 Å². The number of halogens is 3. The molecule has 29 heavy (non-hydrogen) atoms. The molecule has 6 nitrogen and oxygen atoms in total. The second kappa shape index (κ2) is 8.87. The first-order chi connectivity index (χ1) is 13.7. The summed E-state index contributed by atoms with van der Waals surface area (Å²) in [5.41, 5.74) is 0.334. The molecule has 1 saturated heterocycles. The monoisotopic (exact) mass is 460 g/mol. The van der Waals surface area contributed by atoms with Crippen molar-refractivity contribution in [1.82, 2.24) is 4.31 Å². The van der Waals surface area contributed by atoms with Gasteiger partial charge in [0.2, 0.25) is 15.9 Å². The molecule has 1 aliphatic rings. The maximum atomic E-state index is 13.6. The van der Waals surface area contributed by atoms with Crippen LogP contribution in [0.15, 0.2) is 41.3 Å². The molecule has 0 radical (unpaired) electrons. The molecular formula is C19H19Cl2FN2O4S. The third-order valence-corrected chi connectivity index (χ3v) is 7.33. The van der Waals surface area contributed by atoms with Crippen LogP contribution >= 0.6 is 23.2 Å². The largest absolute Gasteiger partial charge is 0.495 e. The van der Waals surface area contributed by atoms with Crippen LogP contribution in [0.5, 0.6) is 5.75 Å². The van der Waals surface area contributed by atoms with Gasteiger partial charge in [-0.05, 0) is 43.2 Å². The van der Waals surface area contributed by atoms with Crippen molar-refractivity contribution in [3.8, 4) is 5.75 Å². The Bertz CT molecular complexity index is 1000. The second-order valence-corrected chi connectivity index (χ2v) is 9.28. The van der Waals surface area contributed by atoms with Crippen LogP contribution in [0.2, 0.25) is 10.0 Å². The van der Waals surface area contributed by atoms with E-state index in [4.69, 9.17) is 27.9 Å². The van der Waals surface area contributed by atoms with E-state index in [1.54, 1.807) is 18.2 Å². The summed E-state index contributed by atoms with van der Waals surface area (Å²) in [7, 11) is -2.63. The number of carbonyl (C=O) groups is 1. The number of sulfonamides is 1. The fourth-order valence-corrected chi connectivity index (χ4v) is 5.32. The molecule has 0 saturated carbocycles. The zero-order valence-corrected chi connectivity index (χ0v) is 17.8. The van der Waals surface area contributed by atoms with Crippen molar-refractivity contribution in [1.29, 1.82) is 0 Å². The number of anilines is 1. The Morgan fingerprint density at radius 1 is 1.17 bits per heavy atom. The van der Waals surface area contributed by atoms with Crippen molar-refractivity contribution in [3.05, 3.63) is 52.3 Å². The van der Waals surface area contributed by atoms with Gasteiger partial charge in [-0.25, -0.2) is 12.8 Å². The molecule has 0 atom stereocenters. The van der Waals surface area contributed by atoms with Gasteiger partial charge < -0.3 is 10.1 Å². The molecule has 1 amide bonds. The van der Waals surface area contributed by atoms with Crippen LogP contribution < -0.4 is 10.1 Å². The molecule has 3 rings (SSSR count). The summed E-state index contributed by atoms with van der Waals surface area (Å²) in [6.07, 6.45) is 0.621. The molecule has 2 aromatic rings. The smallest absolute Gasteiger partial charge is 0.246 e. The van der Waals surface area contributed by atoms with Gasteiger partial charge in [0, 0.05) is 19.0 Å². The molecule has 0 aliphatic carbocycles. The Morgan fingerprint density at radius 3 is 2.38 bits per heavy atom. The number of nitrogens with zero attached hydrogens (tertiary/aromatic N) is 1. The highest BCUT2D eigenvalue weighted by molar-refractivity contribution is 7.89. The predicted octanol–water partition coefficient (Wildman–Crippen LogP) is 4.18. The Labute approximate surface area is 178 Å². The number of piperidine rings is 1. The Morgan fingerprint density at radius 2 is 1.79 bits per heavy atom. The van der Waals surface area contributed by atoms with Crippen molar-refractivity contribution in [3.63, 3.8) is 0 Å². The summed E-state index contributed by atoms with van der Waals surface area (Å²) < 4.78 is 45.7. The fraction of sp³-hybridized carbons (Fsp3) is 0.316. The molecule has 1 aliphatic heterocycles. The summed E-state index contributed by atoms with van der Waals surface area (Å²) in [4.78, 5) is 12.3. The summed E-state index contributed by atoms with van der Waals surface area (Å²) in [5.74, 6) is -1.28. The Balaban J connectivity index is 1.70. The molecule has 10 heteroatoms. The number of hydrogen-bond donors (Lipinski definition) is 1. The first-order valence-corrected chi connectivity index (χ1v) is 11.0. The highest BCUT2D eigenvalue weighted by Gasteiger charge is 2.34. The van der Waals surface area contributed by atoms with E-state index in [1.807, 2.05) is 0 Å². The van der Waals surface area contributed by atoms with Crippen LogP contribution in [0.3, 0.4) is 0 Å². The van der Waals surface area contributed by atoms with Gasteiger partial charge >= 0.3 is 0 Å². The van der Waals surface area contributed by atoms with E-state index in [0.717, 1.165) is 12.1 Å². The van der Waals surface area contributed by atoms with E-state index in [9.17, 15) is 17.6 Å². The molecule has 1 heterocycles. The average molecular weight is 461 g/mol. The van der Waals surface area contributed by atoms with Crippen LogP contribution in [0.25, 0.3) is 0 Å². The zero-order chi connectivity index (χ0) is 21.2. The number of carbonyl (C=O) groups excluding carboxylic acids is 1. The van der Waals surface area contributed by atoms with Gasteiger partial charge in [0.05, 0.1) is 22.8 Å². The number of para-hydroxylation sites is 1. The van der Waals surface area contributed by atoms with E-state index >= 15 is 0 Å². The van der Waals surface area contributed by atoms with Gasteiger partial charge in [-0.15, -0.1) is 0 Å². The molecule has 0 aromatic heterocycles. The van der Waals surface area contributed by atoms with Crippen LogP contribution in [0.4, 0.5) is 10.1 Å². The van der Waals surface area contributed by atoms with Gasteiger partial charge in [-0.3, -0.25) is 4.79 Å². The molecule has 0 unspecified atom stereocenters. The lowest BCUT2D eigenvalue weighted by atomic mass is 9.97. The van der Waals surface area contributed by atoms with Crippen molar-refractivity contribution >= 4 is 44.8 Å². The van der Waals surface area contributed by atoms with Crippen molar-refractivity contribution in [2.24, 2.45) is 5.92 Å². The lowest BCUT2D eigenvalue weighted by Crippen LogP contribution is -2.41. The number of nitrogens with one attached hydrogen (secondary N) is 1. The van der Waals surface area contributed by atoms with Gasteiger partial charge in [-0.1, -0.05) is 29.3 Å². The molecule has 0 spiro atoms. The van der Waals surface area contributed by atoms with Crippen LogP contribution in [0, 0.1) is 11.7 Å². The number of methoxy groups -OCH3 is 1. The number of amides is 1. The topological polar surface area (TPSA) is 75.7 Å².